The first-order valence-corrected chi connectivity index (χ1v) is 7.39. The highest BCUT2D eigenvalue weighted by molar-refractivity contribution is 5.98. The van der Waals surface area contributed by atoms with Gasteiger partial charge in [-0.3, -0.25) is 9.48 Å². The molecular formula is C17H21N3O3. The molecule has 1 amide bonds. The van der Waals surface area contributed by atoms with Crippen molar-refractivity contribution in [3.8, 4) is 0 Å². The van der Waals surface area contributed by atoms with E-state index in [0.29, 0.717) is 11.3 Å². The fourth-order valence-corrected chi connectivity index (χ4v) is 2.26. The minimum atomic E-state index is -0.902. The van der Waals surface area contributed by atoms with Gasteiger partial charge in [0.15, 0.2) is 6.10 Å². The maximum atomic E-state index is 12.3. The third-order valence-corrected chi connectivity index (χ3v) is 3.78. The van der Waals surface area contributed by atoms with Gasteiger partial charge in [0, 0.05) is 7.05 Å². The number of hydrogen-bond donors (Lipinski definition) is 1. The van der Waals surface area contributed by atoms with Gasteiger partial charge in [-0.05, 0) is 39.3 Å². The van der Waals surface area contributed by atoms with E-state index in [0.717, 1.165) is 17.0 Å². The number of carbonyl (C=O) groups excluding carboxylic acids is 2. The van der Waals surface area contributed by atoms with E-state index >= 15 is 0 Å². The number of benzene rings is 1. The summed E-state index contributed by atoms with van der Waals surface area (Å²) in [4.78, 5) is 24.4. The van der Waals surface area contributed by atoms with Gasteiger partial charge in [-0.15, -0.1) is 0 Å². The molecule has 2 aromatic rings. The van der Waals surface area contributed by atoms with Crippen LogP contribution in [0.2, 0.25) is 0 Å². The molecule has 6 nitrogen and oxygen atoms in total. The summed E-state index contributed by atoms with van der Waals surface area (Å²) in [7, 11) is 1.81. The lowest BCUT2D eigenvalue weighted by molar-refractivity contribution is -0.123. The van der Waals surface area contributed by atoms with Crippen LogP contribution in [0.5, 0.6) is 0 Å². The SMILES string of the molecule is Cc1ccccc1C(=O)O[C@@H](C)C(=O)Nc1c(C)nn(C)c1C. The zero-order valence-electron chi connectivity index (χ0n) is 14.0. The number of amides is 1. The van der Waals surface area contributed by atoms with Crippen LogP contribution in [0, 0.1) is 20.8 Å². The highest BCUT2D eigenvalue weighted by Gasteiger charge is 2.22. The molecule has 0 aliphatic heterocycles. The van der Waals surface area contributed by atoms with Crippen LogP contribution in [0.15, 0.2) is 24.3 Å². The van der Waals surface area contributed by atoms with Crippen molar-refractivity contribution in [2.45, 2.75) is 33.8 Å². The Morgan fingerprint density at radius 2 is 1.87 bits per heavy atom. The first-order chi connectivity index (χ1) is 10.8. The highest BCUT2D eigenvalue weighted by atomic mass is 16.5. The molecule has 6 heteroatoms. The predicted octanol–water partition coefficient (Wildman–Crippen LogP) is 2.53. The van der Waals surface area contributed by atoms with Gasteiger partial charge < -0.3 is 10.1 Å². The van der Waals surface area contributed by atoms with E-state index in [1.54, 1.807) is 30.8 Å². The second-order valence-electron chi connectivity index (χ2n) is 5.52. The summed E-state index contributed by atoms with van der Waals surface area (Å²) in [5.74, 6) is -0.892. The lowest BCUT2D eigenvalue weighted by Gasteiger charge is -2.14. The third-order valence-electron chi connectivity index (χ3n) is 3.78. The predicted molar refractivity (Wildman–Crippen MR) is 87.4 cm³/mol. The molecule has 1 N–H and O–H groups in total. The molecule has 2 rings (SSSR count). The highest BCUT2D eigenvalue weighted by Crippen LogP contribution is 2.19. The van der Waals surface area contributed by atoms with Gasteiger partial charge in [-0.25, -0.2) is 4.79 Å². The van der Waals surface area contributed by atoms with E-state index in [-0.39, 0.29) is 5.91 Å². The van der Waals surface area contributed by atoms with Gasteiger partial charge in [0.2, 0.25) is 0 Å². The van der Waals surface area contributed by atoms with Crippen molar-refractivity contribution in [1.82, 2.24) is 9.78 Å². The Morgan fingerprint density at radius 3 is 2.43 bits per heavy atom. The number of nitrogens with zero attached hydrogens (tertiary/aromatic N) is 2. The summed E-state index contributed by atoms with van der Waals surface area (Å²) < 4.78 is 6.95. The van der Waals surface area contributed by atoms with Gasteiger partial charge in [0.05, 0.1) is 22.6 Å². The molecule has 1 atom stereocenters. The van der Waals surface area contributed by atoms with Gasteiger partial charge >= 0.3 is 5.97 Å². The number of esters is 1. The Hall–Kier alpha value is -2.63. The summed E-state index contributed by atoms with van der Waals surface area (Å²) >= 11 is 0. The molecule has 1 heterocycles. The second-order valence-corrected chi connectivity index (χ2v) is 5.52. The zero-order chi connectivity index (χ0) is 17.1. The number of carbonyl (C=O) groups is 2. The molecule has 122 valence electrons. The van der Waals surface area contributed by atoms with Gasteiger partial charge in [-0.2, -0.15) is 5.10 Å². The molecule has 0 unspecified atom stereocenters. The van der Waals surface area contributed by atoms with Crippen LogP contribution in [0.25, 0.3) is 0 Å². The van der Waals surface area contributed by atoms with Gasteiger partial charge in [-0.1, -0.05) is 18.2 Å². The van der Waals surface area contributed by atoms with Crippen molar-refractivity contribution in [2.24, 2.45) is 7.05 Å². The number of anilines is 1. The maximum absolute atomic E-state index is 12.3. The Kier molecular flexibility index (Phi) is 4.83. The molecule has 0 bridgehead atoms. The molecular weight excluding hydrogens is 294 g/mol. The summed E-state index contributed by atoms with van der Waals surface area (Å²) in [6, 6.07) is 7.11. The van der Waals surface area contributed by atoms with E-state index in [1.165, 1.54) is 0 Å². The van der Waals surface area contributed by atoms with Crippen molar-refractivity contribution in [2.75, 3.05) is 5.32 Å². The summed E-state index contributed by atoms with van der Waals surface area (Å²) in [6.07, 6.45) is -0.902. The molecule has 0 fully saturated rings. The lowest BCUT2D eigenvalue weighted by atomic mass is 10.1. The topological polar surface area (TPSA) is 73.2 Å². The standard InChI is InChI=1S/C17H21N3O3/c1-10-8-6-7-9-14(10)17(22)23-13(4)16(21)18-15-11(2)19-20(5)12(15)3/h6-9,13H,1-5H3,(H,18,21)/t13-/m0/s1. The smallest absolute Gasteiger partial charge is 0.339 e. The lowest BCUT2D eigenvalue weighted by Crippen LogP contribution is -2.30. The van der Waals surface area contributed by atoms with Crippen molar-refractivity contribution < 1.29 is 14.3 Å². The van der Waals surface area contributed by atoms with Crippen LogP contribution in [-0.2, 0) is 16.6 Å². The minimum absolute atomic E-state index is 0.383. The van der Waals surface area contributed by atoms with Gasteiger partial charge in [0.1, 0.15) is 0 Å². The van der Waals surface area contributed by atoms with Crippen molar-refractivity contribution in [3.63, 3.8) is 0 Å². The fourth-order valence-electron chi connectivity index (χ4n) is 2.26. The van der Waals surface area contributed by atoms with Crippen molar-refractivity contribution in [1.29, 1.82) is 0 Å². The molecule has 23 heavy (non-hydrogen) atoms. The molecule has 1 aromatic carbocycles. The molecule has 1 aromatic heterocycles. The number of rotatable bonds is 4. The summed E-state index contributed by atoms with van der Waals surface area (Å²) in [6.45, 7) is 7.04. The Morgan fingerprint density at radius 1 is 1.22 bits per heavy atom. The molecule has 0 aliphatic rings. The Balaban J connectivity index is 2.06. The van der Waals surface area contributed by atoms with E-state index in [1.807, 2.05) is 32.9 Å². The van der Waals surface area contributed by atoms with E-state index < -0.39 is 12.1 Å². The first-order valence-electron chi connectivity index (χ1n) is 7.39. The van der Waals surface area contributed by atoms with E-state index in [4.69, 9.17) is 4.74 Å². The van der Waals surface area contributed by atoms with Crippen LogP contribution >= 0.6 is 0 Å². The minimum Gasteiger partial charge on any atom is -0.449 e. The van der Waals surface area contributed by atoms with Gasteiger partial charge in [0.25, 0.3) is 5.91 Å². The number of ether oxygens (including phenoxy) is 1. The molecule has 0 spiro atoms. The summed E-state index contributed by atoms with van der Waals surface area (Å²) in [5, 5.41) is 7.01. The normalized spacial score (nSPS) is 11.9. The second kappa shape index (κ2) is 6.64. The van der Waals surface area contributed by atoms with Crippen LogP contribution in [0.4, 0.5) is 5.69 Å². The number of aryl methyl sites for hydroxylation is 3. The van der Waals surface area contributed by atoms with Crippen LogP contribution in [0.1, 0.15) is 34.2 Å². The zero-order valence-corrected chi connectivity index (χ0v) is 14.0. The average Bonchev–Trinajstić information content (AvgIpc) is 2.73. The fraction of sp³-hybridized carbons (Fsp3) is 0.353. The molecule has 0 saturated heterocycles. The molecule has 0 aliphatic carbocycles. The number of nitrogens with one attached hydrogen (secondary N) is 1. The molecule has 0 saturated carbocycles. The number of hydrogen-bond acceptors (Lipinski definition) is 4. The summed E-state index contributed by atoms with van der Waals surface area (Å²) in [5.41, 5.74) is 3.48. The van der Waals surface area contributed by atoms with Crippen molar-refractivity contribution >= 4 is 17.6 Å². The third kappa shape index (κ3) is 3.59. The Labute approximate surface area is 135 Å². The quantitative estimate of drug-likeness (QED) is 0.880. The van der Waals surface area contributed by atoms with Crippen LogP contribution < -0.4 is 5.32 Å². The van der Waals surface area contributed by atoms with Crippen LogP contribution in [0.3, 0.4) is 0 Å². The van der Waals surface area contributed by atoms with E-state index in [9.17, 15) is 9.59 Å². The monoisotopic (exact) mass is 315 g/mol. The van der Waals surface area contributed by atoms with Crippen LogP contribution in [-0.4, -0.2) is 27.8 Å². The Bertz CT molecular complexity index is 750. The van der Waals surface area contributed by atoms with Crippen molar-refractivity contribution in [3.05, 3.63) is 46.8 Å². The average molecular weight is 315 g/mol. The van der Waals surface area contributed by atoms with E-state index in [2.05, 4.69) is 10.4 Å². The number of aromatic nitrogens is 2. The largest absolute Gasteiger partial charge is 0.449 e. The maximum Gasteiger partial charge on any atom is 0.339 e. The first kappa shape index (κ1) is 16.7. The molecule has 0 radical (unpaired) electrons.